The molecule has 1 saturated heterocycles. The van der Waals surface area contributed by atoms with Gasteiger partial charge in [0.15, 0.2) is 0 Å². The molecule has 5 atom stereocenters. The van der Waals surface area contributed by atoms with Crippen molar-refractivity contribution in [1.82, 2.24) is 25.2 Å². The molecule has 3 saturated carbocycles. The predicted molar refractivity (Wildman–Crippen MR) is 198 cm³/mol. The molecule has 14 heteroatoms. The van der Waals surface area contributed by atoms with Crippen LogP contribution in [0, 0.1) is 11.8 Å². The summed E-state index contributed by atoms with van der Waals surface area (Å²) in [5, 5.41) is 6.02. The molecule has 2 bridgehead atoms. The Morgan fingerprint density at radius 3 is 2.57 bits per heavy atom. The van der Waals surface area contributed by atoms with Crippen LogP contribution < -0.4 is 20.1 Å². The van der Waals surface area contributed by atoms with Gasteiger partial charge in [0.25, 0.3) is 5.91 Å². The summed E-state index contributed by atoms with van der Waals surface area (Å²) in [6.07, 6.45) is 13.0. The first-order chi connectivity index (χ1) is 25.6. The van der Waals surface area contributed by atoms with Crippen LogP contribution in [0.3, 0.4) is 0 Å². The number of aromatic nitrogens is 1. The van der Waals surface area contributed by atoms with E-state index >= 15 is 0 Å². The number of nitrogens with zero attached hydrogens (tertiary/aromatic N) is 2. The summed E-state index contributed by atoms with van der Waals surface area (Å²) in [5.74, 6) is -2.14. The Balaban J connectivity index is 1.21. The molecule has 0 spiro atoms. The zero-order valence-electron chi connectivity index (χ0n) is 30.0. The molecule has 1 aromatic heterocycles. The Morgan fingerprint density at radius 1 is 1.04 bits per heavy atom. The summed E-state index contributed by atoms with van der Waals surface area (Å²) in [5.41, 5.74) is -0.0189. The van der Waals surface area contributed by atoms with Crippen LogP contribution >= 0.6 is 0 Å². The smallest absolute Gasteiger partial charge is 0.407 e. The maximum absolute atomic E-state index is 14.7. The number of benzene rings is 1. The third kappa shape index (κ3) is 8.22. The Morgan fingerprint density at radius 2 is 1.81 bits per heavy atom. The van der Waals surface area contributed by atoms with Gasteiger partial charge in [0.2, 0.25) is 27.7 Å². The van der Waals surface area contributed by atoms with Gasteiger partial charge in [0.1, 0.15) is 23.7 Å². The van der Waals surface area contributed by atoms with Crippen molar-refractivity contribution in [2.75, 3.05) is 13.2 Å². The first kappa shape index (κ1) is 36.9. The number of alkyl carbamates (subject to hydrolysis) is 1. The number of amides is 4. The van der Waals surface area contributed by atoms with Crippen LogP contribution in [0.5, 0.6) is 5.88 Å². The summed E-state index contributed by atoms with van der Waals surface area (Å²) in [6.45, 7) is 4.04. The van der Waals surface area contributed by atoms with Gasteiger partial charge in [-0.05, 0) is 75.8 Å². The molecule has 3 aliphatic carbocycles. The fourth-order valence-corrected chi connectivity index (χ4v) is 9.36. The van der Waals surface area contributed by atoms with Gasteiger partial charge in [-0.3, -0.25) is 19.1 Å². The zero-order valence-corrected chi connectivity index (χ0v) is 30.8. The molecule has 2 aromatic rings. The van der Waals surface area contributed by atoms with Gasteiger partial charge in [-0.15, -0.1) is 6.58 Å². The van der Waals surface area contributed by atoms with E-state index < -0.39 is 68.7 Å². The van der Waals surface area contributed by atoms with Gasteiger partial charge in [0.05, 0.1) is 23.9 Å². The second-order valence-electron chi connectivity index (χ2n) is 15.1. The highest BCUT2D eigenvalue weighted by Crippen LogP contribution is 2.45. The van der Waals surface area contributed by atoms with E-state index in [1.54, 1.807) is 0 Å². The van der Waals surface area contributed by atoms with E-state index in [2.05, 4.69) is 28.0 Å². The summed E-state index contributed by atoms with van der Waals surface area (Å²) in [4.78, 5) is 62.0. The van der Waals surface area contributed by atoms with E-state index in [4.69, 9.17) is 14.5 Å². The van der Waals surface area contributed by atoms with Gasteiger partial charge in [-0.1, -0.05) is 55.7 Å². The van der Waals surface area contributed by atoms with Crippen molar-refractivity contribution in [1.29, 1.82) is 0 Å². The molecule has 4 fully saturated rings. The van der Waals surface area contributed by atoms with E-state index in [0.29, 0.717) is 25.1 Å². The Labute approximate surface area is 310 Å². The van der Waals surface area contributed by atoms with Crippen molar-refractivity contribution < 1.29 is 37.1 Å². The van der Waals surface area contributed by atoms with Crippen molar-refractivity contribution in [3.63, 3.8) is 0 Å². The normalized spacial score (nSPS) is 29.3. The first-order valence-corrected chi connectivity index (χ1v) is 20.6. The molecule has 2 aliphatic heterocycles. The standard InChI is InChI=1S/C39H49N5O8S/c1-2-28-23-39(28,37(47)43-53(49,50)30-18-19-30)42-34(45)32-22-29-24-44(32)36(46)33(25-13-8-6-9-14-25)41-38(48)51-20-12-5-3-4-7-16-27-21-26-15-10-11-17-31(26)40-35(27)52-29/h2,7,10-11,15-17,21,25,28-30,32-33H,1,3-6,8-9,12-14,18-20,22-24H2,(H,41,48)(H,42,45)(H,43,47)/b16-7-/t28-,29-,32+,33+,39-/m1/s1. The highest BCUT2D eigenvalue weighted by Gasteiger charge is 2.62. The minimum absolute atomic E-state index is 0.0225. The molecule has 13 nitrogen and oxygen atoms in total. The van der Waals surface area contributed by atoms with E-state index in [9.17, 15) is 27.6 Å². The number of pyridine rings is 1. The monoisotopic (exact) mass is 747 g/mol. The Hall–Kier alpha value is -4.46. The van der Waals surface area contributed by atoms with E-state index in [0.717, 1.165) is 67.8 Å². The number of hydrogen-bond donors (Lipinski definition) is 3. The van der Waals surface area contributed by atoms with Gasteiger partial charge in [-0.25, -0.2) is 18.2 Å². The van der Waals surface area contributed by atoms with Crippen LogP contribution in [0.4, 0.5) is 4.79 Å². The van der Waals surface area contributed by atoms with E-state index in [1.165, 1.54) is 11.0 Å². The highest BCUT2D eigenvalue weighted by atomic mass is 32.2. The second-order valence-corrected chi connectivity index (χ2v) is 17.1. The number of sulfonamides is 1. The molecule has 284 valence electrons. The quantitative estimate of drug-likeness (QED) is 0.345. The topological polar surface area (TPSA) is 173 Å². The molecule has 7 rings (SSSR count). The zero-order chi connectivity index (χ0) is 37.2. The van der Waals surface area contributed by atoms with Crippen LogP contribution in [0.15, 0.2) is 49.1 Å². The maximum Gasteiger partial charge on any atom is 0.407 e. The van der Waals surface area contributed by atoms with Crippen LogP contribution in [-0.4, -0.2) is 84.2 Å². The maximum atomic E-state index is 14.7. The van der Waals surface area contributed by atoms with E-state index in [1.807, 2.05) is 36.4 Å². The number of cyclic esters (lactones) is 1. The molecular formula is C39H49N5O8S. The van der Waals surface area contributed by atoms with Gasteiger partial charge in [-0.2, -0.15) is 0 Å². The average Bonchev–Trinajstić information content (AvgIpc) is 4.08. The van der Waals surface area contributed by atoms with Crippen LogP contribution in [0.25, 0.3) is 17.0 Å². The SMILES string of the molecule is C=C[C@@H]1C[C@]1(NC(=O)[C@@H]1C[C@@H]2CN1C(=O)[C@H](C1CCCCC1)NC(=O)OCCCCC/C=C\c1cc3ccccc3nc1O2)C(=O)NS(=O)(=O)C1CC1. The first-order valence-electron chi connectivity index (χ1n) is 19.1. The number of carbonyl (C=O) groups is 4. The number of nitrogens with one attached hydrogen (secondary N) is 3. The number of fused-ring (bicyclic) bond motifs is 4. The lowest BCUT2D eigenvalue weighted by Crippen LogP contribution is -2.59. The van der Waals surface area contributed by atoms with Crippen molar-refractivity contribution in [2.45, 2.75) is 112 Å². The third-order valence-electron chi connectivity index (χ3n) is 11.3. The lowest BCUT2D eigenvalue weighted by Gasteiger charge is -2.34. The summed E-state index contributed by atoms with van der Waals surface area (Å²) in [6, 6.07) is 7.71. The molecule has 3 heterocycles. The minimum atomic E-state index is -3.88. The molecule has 5 aliphatic rings. The number of para-hydroxylation sites is 1. The Bertz CT molecular complexity index is 1890. The summed E-state index contributed by atoms with van der Waals surface area (Å²) in [7, 11) is -3.88. The van der Waals surface area contributed by atoms with E-state index in [-0.39, 0.29) is 31.9 Å². The number of allylic oxidation sites excluding steroid dienone is 1. The lowest BCUT2D eigenvalue weighted by atomic mass is 9.83. The number of carbonyl (C=O) groups excluding carboxylic acids is 4. The fourth-order valence-electron chi connectivity index (χ4n) is 7.99. The molecule has 0 unspecified atom stereocenters. The van der Waals surface area contributed by atoms with Crippen LogP contribution in [0.2, 0.25) is 0 Å². The summed E-state index contributed by atoms with van der Waals surface area (Å²) >= 11 is 0. The number of hydrogen-bond acceptors (Lipinski definition) is 9. The van der Waals surface area contributed by atoms with Crippen molar-refractivity contribution in [2.24, 2.45) is 11.8 Å². The molecule has 3 N–H and O–H groups in total. The largest absolute Gasteiger partial charge is 0.472 e. The van der Waals surface area contributed by atoms with Gasteiger partial charge in [0, 0.05) is 23.3 Å². The second kappa shape index (κ2) is 15.5. The molecule has 4 amide bonds. The Kier molecular flexibility index (Phi) is 10.8. The lowest BCUT2D eigenvalue weighted by molar-refractivity contribution is -0.142. The fraction of sp³-hybridized carbons (Fsp3) is 0.564. The number of rotatable bonds is 7. The highest BCUT2D eigenvalue weighted by molar-refractivity contribution is 7.91. The number of ether oxygens (including phenoxy) is 2. The van der Waals surface area contributed by atoms with Gasteiger partial charge >= 0.3 is 6.09 Å². The van der Waals surface area contributed by atoms with Crippen molar-refractivity contribution in [3.8, 4) is 5.88 Å². The predicted octanol–water partition coefficient (Wildman–Crippen LogP) is 4.51. The van der Waals surface area contributed by atoms with Crippen LogP contribution in [-0.2, 0) is 29.1 Å². The van der Waals surface area contributed by atoms with Crippen LogP contribution in [0.1, 0.15) is 89.0 Å². The molecule has 53 heavy (non-hydrogen) atoms. The molecule has 1 aromatic carbocycles. The average molecular weight is 748 g/mol. The van der Waals surface area contributed by atoms with Gasteiger partial charge < -0.3 is 25.0 Å². The summed E-state index contributed by atoms with van der Waals surface area (Å²) < 4.78 is 39.8. The third-order valence-corrected chi connectivity index (χ3v) is 13.1. The minimum Gasteiger partial charge on any atom is -0.472 e. The van der Waals surface area contributed by atoms with Crippen molar-refractivity contribution >= 4 is 50.8 Å². The van der Waals surface area contributed by atoms with Crippen molar-refractivity contribution in [3.05, 3.63) is 54.6 Å². The molecule has 0 radical (unpaired) electrons. The molecular weight excluding hydrogens is 699 g/mol.